The Morgan fingerprint density at radius 2 is 1.83 bits per heavy atom. The molecule has 0 saturated heterocycles. The molecule has 0 fully saturated rings. The number of tetrazole rings is 1. The van der Waals surface area contributed by atoms with Crippen molar-refractivity contribution in [2.24, 2.45) is 7.05 Å². The van der Waals surface area contributed by atoms with Crippen LogP contribution in [0.4, 0.5) is 0 Å². The van der Waals surface area contributed by atoms with Gasteiger partial charge in [0.1, 0.15) is 0 Å². The summed E-state index contributed by atoms with van der Waals surface area (Å²) in [5, 5.41) is 7.63. The molecular weight excluding hydrogens is 228 g/mol. The Balaban J connectivity index is 2.64. The molecule has 2 aromatic rings. The predicted molar refractivity (Wildman–Crippen MR) is 70.0 cm³/mol. The van der Waals surface area contributed by atoms with Crippen LogP contribution in [0.1, 0.15) is 31.9 Å². The molecule has 18 heavy (non-hydrogen) atoms. The van der Waals surface area contributed by atoms with Gasteiger partial charge in [0.05, 0.1) is 5.69 Å². The average Bonchev–Trinajstić information content (AvgIpc) is 2.59. The molecule has 0 aliphatic carbocycles. The molecule has 0 unspecified atom stereocenters. The summed E-state index contributed by atoms with van der Waals surface area (Å²) in [5.41, 5.74) is 2.77. The molecule has 1 aromatic carbocycles. The second-order valence-corrected chi connectivity index (χ2v) is 5.55. The molecule has 0 saturated carbocycles. The van der Waals surface area contributed by atoms with Crippen LogP contribution in [0.25, 0.3) is 5.69 Å². The van der Waals surface area contributed by atoms with E-state index in [1.54, 1.807) is 7.05 Å². The number of aromatic nitrogens is 4. The Bertz CT molecular complexity index is 631. The van der Waals surface area contributed by atoms with Gasteiger partial charge in [-0.3, -0.25) is 0 Å². The third kappa shape index (κ3) is 2.08. The first-order chi connectivity index (χ1) is 8.30. The summed E-state index contributed by atoms with van der Waals surface area (Å²) in [4.78, 5) is 11.9. The SMILES string of the molecule is Cc1ccc(C(C)(C)C)cc1-n1nnn(C)c1=O. The van der Waals surface area contributed by atoms with E-state index in [1.165, 1.54) is 14.9 Å². The largest absolute Gasteiger partial charge is 0.368 e. The maximum Gasteiger partial charge on any atom is 0.368 e. The summed E-state index contributed by atoms with van der Waals surface area (Å²) >= 11 is 0. The van der Waals surface area contributed by atoms with Crippen LogP contribution in [0.15, 0.2) is 23.0 Å². The van der Waals surface area contributed by atoms with E-state index in [0.717, 1.165) is 11.3 Å². The standard InChI is InChI=1S/C13H18N4O/c1-9-6-7-10(13(2,3)4)8-11(9)17-12(18)16(5)14-15-17/h6-8H,1-5H3. The highest BCUT2D eigenvalue weighted by atomic mass is 16.2. The quantitative estimate of drug-likeness (QED) is 0.767. The summed E-state index contributed by atoms with van der Waals surface area (Å²) in [6.45, 7) is 8.38. The van der Waals surface area contributed by atoms with Crippen molar-refractivity contribution in [3.63, 3.8) is 0 Å². The highest BCUT2D eigenvalue weighted by Gasteiger charge is 2.16. The lowest BCUT2D eigenvalue weighted by Gasteiger charge is -2.20. The number of hydrogen-bond donors (Lipinski definition) is 0. The van der Waals surface area contributed by atoms with Crippen molar-refractivity contribution in [3.8, 4) is 5.69 Å². The van der Waals surface area contributed by atoms with Crippen molar-refractivity contribution in [1.29, 1.82) is 0 Å². The lowest BCUT2D eigenvalue weighted by atomic mass is 9.86. The minimum atomic E-state index is -0.232. The van der Waals surface area contributed by atoms with Gasteiger partial charge in [-0.15, -0.1) is 0 Å². The maximum atomic E-state index is 11.9. The summed E-state index contributed by atoms with van der Waals surface area (Å²) in [6.07, 6.45) is 0. The van der Waals surface area contributed by atoms with Gasteiger partial charge in [-0.2, -0.15) is 9.36 Å². The molecule has 0 aliphatic heterocycles. The molecular formula is C13H18N4O. The smallest absolute Gasteiger partial charge is 0.244 e. The van der Waals surface area contributed by atoms with Crippen LogP contribution in [0.5, 0.6) is 0 Å². The summed E-state index contributed by atoms with van der Waals surface area (Å²) in [5.74, 6) is 0. The lowest BCUT2D eigenvalue weighted by Crippen LogP contribution is -2.23. The van der Waals surface area contributed by atoms with Crippen LogP contribution in [0, 0.1) is 6.92 Å². The molecule has 2 rings (SSSR count). The van der Waals surface area contributed by atoms with E-state index in [-0.39, 0.29) is 11.1 Å². The van der Waals surface area contributed by atoms with E-state index in [2.05, 4.69) is 37.3 Å². The van der Waals surface area contributed by atoms with E-state index < -0.39 is 0 Å². The predicted octanol–water partition coefficient (Wildman–Crippen LogP) is 1.57. The fraction of sp³-hybridized carbons (Fsp3) is 0.462. The van der Waals surface area contributed by atoms with Crippen molar-refractivity contribution < 1.29 is 0 Å². The number of aryl methyl sites for hydroxylation is 2. The number of hydrogen-bond acceptors (Lipinski definition) is 3. The molecule has 0 spiro atoms. The highest BCUT2D eigenvalue weighted by Crippen LogP contribution is 2.25. The van der Waals surface area contributed by atoms with Gasteiger partial charge in [-0.05, 0) is 40.0 Å². The van der Waals surface area contributed by atoms with Crippen LogP contribution in [0.2, 0.25) is 0 Å². The summed E-state index contributed by atoms with van der Waals surface area (Å²) in [6, 6.07) is 6.10. The average molecular weight is 246 g/mol. The van der Waals surface area contributed by atoms with Crippen molar-refractivity contribution in [3.05, 3.63) is 39.8 Å². The van der Waals surface area contributed by atoms with Gasteiger partial charge >= 0.3 is 5.69 Å². The van der Waals surface area contributed by atoms with Crippen molar-refractivity contribution >= 4 is 0 Å². The molecule has 5 nitrogen and oxygen atoms in total. The Morgan fingerprint density at radius 1 is 1.17 bits per heavy atom. The lowest BCUT2D eigenvalue weighted by molar-refractivity contribution is 0.588. The molecule has 0 aliphatic rings. The van der Waals surface area contributed by atoms with Crippen molar-refractivity contribution in [2.75, 3.05) is 0 Å². The minimum absolute atomic E-state index is 0.0360. The zero-order valence-corrected chi connectivity index (χ0v) is 11.4. The highest BCUT2D eigenvalue weighted by molar-refractivity contribution is 5.44. The van der Waals surface area contributed by atoms with Gasteiger partial charge in [-0.1, -0.05) is 32.9 Å². The third-order valence-corrected chi connectivity index (χ3v) is 3.02. The second-order valence-electron chi connectivity index (χ2n) is 5.55. The molecule has 0 N–H and O–H groups in total. The summed E-state index contributed by atoms with van der Waals surface area (Å²) in [7, 11) is 1.59. The van der Waals surface area contributed by atoms with Crippen LogP contribution >= 0.6 is 0 Å². The van der Waals surface area contributed by atoms with Gasteiger partial charge in [0, 0.05) is 7.05 Å². The molecule has 1 aromatic heterocycles. The van der Waals surface area contributed by atoms with Crippen LogP contribution in [0.3, 0.4) is 0 Å². The molecule has 96 valence electrons. The number of nitrogens with zero attached hydrogens (tertiary/aromatic N) is 4. The van der Waals surface area contributed by atoms with E-state index in [9.17, 15) is 4.79 Å². The first-order valence-corrected chi connectivity index (χ1v) is 5.91. The van der Waals surface area contributed by atoms with Crippen LogP contribution in [-0.2, 0) is 12.5 Å². The maximum absolute atomic E-state index is 11.9. The van der Waals surface area contributed by atoms with Gasteiger partial charge in [0.2, 0.25) is 0 Å². The Hall–Kier alpha value is -1.91. The van der Waals surface area contributed by atoms with Crippen molar-refractivity contribution in [1.82, 2.24) is 19.8 Å². The van der Waals surface area contributed by atoms with Gasteiger partial charge in [0.25, 0.3) is 0 Å². The normalized spacial score (nSPS) is 11.8. The molecule has 0 amide bonds. The monoisotopic (exact) mass is 246 g/mol. The summed E-state index contributed by atoms with van der Waals surface area (Å²) < 4.78 is 2.56. The van der Waals surface area contributed by atoms with Crippen LogP contribution in [-0.4, -0.2) is 19.8 Å². The first kappa shape index (κ1) is 12.5. The molecule has 0 atom stereocenters. The van der Waals surface area contributed by atoms with E-state index in [4.69, 9.17) is 0 Å². The molecule has 0 bridgehead atoms. The van der Waals surface area contributed by atoms with E-state index in [1.807, 2.05) is 19.1 Å². The van der Waals surface area contributed by atoms with Gasteiger partial charge < -0.3 is 0 Å². The molecule has 1 heterocycles. The molecule has 5 heteroatoms. The third-order valence-electron chi connectivity index (χ3n) is 3.02. The fourth-order valence-electron chi connectivity index (χ4n) is 1.77. The van der Waals surface area contributed by atoms with E-state index >= 15 is 0 Å². The zero-order chi connectivity index (χ0) is 13.5. The Kier molecular flexibility index (Phi) is 2.84. The second kappa shape index (κ2) is 4.08. The Morgan fingerprint density at radius 3 is 2.33 bits per heavy atom. The fourth-order valence-corrected chi connectivity index (χ4v) is 1.77. The van der Waals surface area contributed by atoms with Gasteiger partial charge in [0.15, 0.2) is 0 Å². The number of rotatable bonds is 1. The van der Waals surface area contributed by atoms with E-state index in [0.29, 0.717) is 0 Å². The van der Waals surface area contributed by atoms with Crippen molar-refractivity contribution in [2.45, 2.75) is 33.1 Å². The minimum Gasteiger partial charge on any atom is -0.244 e. The number of benzene rings is 1. The Labute approximate surface area is 106 Å². The topological polar surface area (TPSA) is 52.7 Å². The first-order valence-electron chi connectivity index (χ1n) is 5.91. The van der Waals surface area contributed by atoms with Crippen LogP contribution < -0.4 is 5.69 Å². The van der Waals surface area contributed by atoms with Gasteiger partial charge in [-0.25, -0.2) is 4.79 Å². The zero-order valence-electron chi connectivity index (χ0n) is 11.4. The molecule has 0 radical (unpaired) electrons.